The molecule has 0 aromatic heterocycles. The van der Waals surface area contributed by atoms with E-state index in [0.717, 1.165) is 32.1 Å². The number of carboxylic acids is 2. The predicted octanol–water partition coefficient (Wildman–Crippen LogP) is 5.33. The van der Waals surface area contributed by atoms with Gasteiger partial charge in [0.2, 0.25) is 41.4 Å². The van der Waals surface area contributed by atoms with Crippen LogP contribution in [0.2, 0.25) is 0 Å². The summed E-state index contributed by atoms with van der Waals surface area (Å²) < 4.78 is 6.04. The van der Waals surface area contributed by atoms with Crippen molar-refractivity contribution < 1.29 is 62.9 Å². The molecule has 20 nitrogen and oxygen atoms in total. The van der Waals surface area contributed by atoms with E-state index in [1.807, 2.05) is 13.8 Å². The van der Waals surface area contributed by atoms with Crippen molar-refractivity contribution in [1.82, 2.24) is 37.2 Å². The molecule has 73 heavy (non-hydrogen) atoms. The molecule has 8 atom stereocenters. The van der Waals surface area contributed by atoms with E-state index < -0.39 is 127 Å². The molecule has 9 N–H and O–H groups in total. The molecular formula is C53H93N7O13. The summed E-state index contributed by atoms with van der Waals surface area (Å²) in [7, 11) is 0. The molecular weight excluding hydrogens is 943 g/mol. The topological polar surface area (TPSA) is 305 Å². The Balaban J connectivity index is 3.80. The molecule has 1 rings (SSSR count). The molecule has 0 bridgehead atoms. The highest BCUT2D eigenvalue weighted by Gasteiger charge is 2.36. The smallest absolute Gasteiger partial charge is 0.328 e. The van der Waals surface area contributed by atoms with Gasteiger partial charge in [-0.3, -0.25) is 43.2 Å². The van der Waals surface area contributed by atoms with Gasteiger partial charge in [0.15, 0.2) is 0 Å². The van der Waals surface area contributed by atoms with Crippen LogP contribution in [0, 0.1) is 23.7 Å². The maximum absolute atomic E-state index is 14.2. The van der Waals surface area contributed by atoms with Crippen LogP contribution in [0.4, 0.5) is 0 Å². The number of carbonyl (C=O) groups excluding carboxylic acids is 8. The Kier molecular flexibility index (Phi) is 32.2. The van der Waals surface area contributed by atoms with Gasteiger partial charge in [-0.2, -0.15) is 0 Å². The lowest BCUT2D eigenvalue weighted by molar-refractivity contribution is -0.155. The minimum absolute atomic E-state index is 0.0422. The number of amides is 7. The van der Waals surface area contributed by atoms with E-state index in [1.54, 1.807) is 41.5 Å². The van der Waals surface area contributed by atoms with E-state index in [2.05, 4.69) is 44.1 Å². The predicted molar refractivity (Wildman–Crippen MR) is 276 cm³/mol. The molecule has 0 saturated carbocycles. The quantitative estimate of drug-likeness (QED) is 0.0392. The number of carbonyl (C=O) groups is 10. The van der Waals surface area contributed by atoms with Crippen molar-refractivity contribution in [3.8, 4) is 0 Å². The van der Waals surface area contributed by atoms with Crippen molar-refractivity contribution in [3.05, 3.63) is 0 Å². The van der Waals surface area contributed by atoms with Gasteiger partial charge in [-0.25, -0.2) is 4.79 Å². The van der Waals surface area contributed by atoms with E-state index in [9.17, 15) is 58.2 Å². The third-order valence-electron chi connectivity index (χ3n) is 12.5. The highest BCUT2D eigenvalue weighted by atomic mass is 16.5. The summed E-state index contributed by atoms with van der Waals surface area (Å²) in [5, 5.41) is 37.5. The number of aliphatic carboxylic acids is 2. The van der Waals surface area contributed by atoms with Crippen LogP contribution in [0.15, 0.2) is 0 Å². The maximum Gasteiger partial charge on any atom is 0.328 e. The van der Waals surface area contributed by atoms with Crippen molar-refractivity contribution in [2.75, 3.05) is 0 Å². The van der Waals surface area contributed by atoms with Crippen molar-refractivity contribution in [2.45, 2.75) is 252 Å². The van der Waals surface area contributed by atoms with Gasteiger partial charge in [0.05, 0.1) is 12.8 Å². The number of esters is 1. The van der Waals surface area contributed by atoms with Gasteiger partial charge in [0.25, 0.3) is 0 Å². The fourth-order valence-corrected chi connectivity index (χ4v) is 8.60. The summed E-state index contributed by atoms with van der Waals surface area (Å²) in [4.78, 5) is 135. The summed E-state index contributed by atoms with van der Waals surface area (Å²) in [6.45, 7) is 17.9. The first-order valence-electron chi connectivity index (χ1n) is 27.1. The molecule has 1 saturated heterocycles. The second-order valence-electron chi connectivity index (χ2n) is 21.6. The van der Waals surface area contributed by atoms with Gasteiger partial charge in [-0.05, 0) is 75.5 Å². The van der Waals surface area contributed by atoms with E-state index in [1.165, 1.54) is 45.4 Å². The van der Waals surface area contributed by atoms with Gasteiger partial charge >= 0.3 is 17.9 Å². The first-order valence-corrected chi connectivity index (χ1v) is 27.1. The first kappa shape index (κ1) is 65.7. The Labute approximate surface area is 434 Å². The second-order valence-corrected chi connectivity index (χ2v) is 21.6. The van der Waals surface area contributed by atoms with Crippen LogP contribution in [0.3, 0.4) is 0 Å². The number of unbranched alkanes of at least 4 members (excludes halogenated alkanes) is 11. The molecule has 1 aliphatic heterocycles. The van der Waals surface area contributed by atoms with Crippen LogP contribution in [-0.4, -0.2) is 118 Å². The Morgan fingerprint density at radius 3 is 1.26 bits per heavy atom. The van der Waals surface area contributed by atoms with Crippen molar-refractivity contribution >= 4 is 59.3 Å². The van der Waals surface area contributed by atoms with Crippen molar-refractivity contribution in [3.63, 3.8) is 0 Å². The van der Waals surface area contributed by atoms with Crippen LogP contribution < -0.4 is 37.2 Å². The van der Waals surface area contributed by atoms with Crippen LogP contribution in [-0.2, 0) is 52.7 Å². The van der Waals surface area contributed by atoms with Crippen LogP contribution in [0.25, 0.3) is 0 Å². The lowest BCUT2D eigenvalue weighted by Gasteiger charge is -2.28. The van der Waals surface area contributed by atoms with Crippen LogP contribution in [0.1, 0.15) is 204 Å². The fraction of sp³-hybridized carbons (Fsp3) is 0.811. The average Bonchev–Trinajstić information content (AvgIpc) is 3.28. The SMILES string of the molecule is CCCCCCCCCCCCCCC1CC(=O)NC(CCC(=O)O)C(=O)NC(CC(C)C)C(=O)NC(CC(C)C)C(=O)NC(C)C(=O)NC(CC(=O)O)C(=O)NC(CC(C)C)C(=O)NC(CC(C)C)C(=O)O1. The number of cyclic esters (lactones) is 1. The summed E-state index contributed by atoms with van der Waals surface area (Å²) in [6, 6.07) is -9.62. The lowest BCUT2D eigenvalue weighted by Crippen LogP contribution is -2.60. The molecule has 0 aromatic rings. The largest absolute Gasteiger partial charge is 0.481 e. The Morgan fingerprint density at radius 1 is 0.466 bits per heavy atom. The van der Waals surface area contributed by atoms with E-state index >= 15 is 0 Å². The maximum atomic E-state index is 14.2. The number of nitrogens with one attached hydrogen (secondary N) is 7. The Bertz CT molecular complexity index is 1770. The number of carboxylic acid groups (broad SMARTS) is 2. The first-order chi connectivity index (χ1) is 34.3. The van der Waals surface area contributed by atoms with Gasteiger partial charge in [0.1, 0.15) is 48.4 Å². The van der Waals surface area contributed by atoms with Gasteiger partial charge in [-0.1, -0.05) is 133 Å². The van der Waals surface area contributed by atoms with E-state index in [4.69, 9.17) is 4.74 Å². The lowest BCUT2D eigenvalue weighted by atomic mass is 9.99. The standard InChI is InChI=1S/C53H93N7O13/c1-11-12-13-14-15-16-17-18-19-20-21-22-23-37-30-44(61)55-38(24-25-45(62)63)48(67)57-40(27-33(4)5)50(69)58-39(26-32(2)3)49(68)54-36(10)47(66)56-42(31-46(64)65)52(71)59-41(28-34(6)7)51(70)60-43(29-35(8)9)53(72)73-37/h32-43H,11-31H2,1-10H3,(H,54,68)(H,55,61)(H,56,66)(H,57,67)(H,58,69)(H,59,71)(H,60,70)(H,62,63)(H,64,65). The highest BCUT2D eigenvalue weighted by Crippen LogP contribution is 2.19. The second kappa shape index (κ2) is 35.8. The molecule has 0 radical (unpaired) electrons. The monoisotopic (exact) mass is 1040 g/mol. The number of rotatable bonds is 26. The third-order valence-corrected chi connectivity index (χ3v) is 12.5. The summed E-state index contributed by atoms with van der Waals surface area (Å²) in [6.07, 6.45) is 10.2. The zero-order valence-electron chi connectivity index (χ0n) is 45.7. The fourth-order valence-electron chi connectivity index (χ4n) is 8.60. The minimum atomic E-state index is -1.71. The number of hydrogen-bond donors (Lipinski definition) is 9. The molecule has 0 aromatic carbocycles. The molecule has 20 heteroatoms. The Hall–Kier alpha value is -5.30. The minimum Gasteiger partial charge on any atom is -0.481 e. The molecule has 0 spiro atoms. The zero-order chi connectivity index (χ0) is 55.2. The summed E-state index contributed by atoms with van der Waals surface area (Å²) >= 11 is 0. The molecule has 418 valence electrons. The third kappa shape index (κ3) is 29.3. The molecule has 7 amide bonds. The van der Waals surface area contributed by atoms with Crippen LogP contribution in [0.5, 0.6) is 0 Å². The van der Waals surface area contributed by atoms with Crippen LogP contribution >= 0.6 is 0 Å². The summed E-state index contributed by atoms with van der Waals surface area (Å²) in [5.41, 5.74) is 0. The van der Waals surface area contributed by atoms with Gasteiger partial charge in [0, 0.05) is 6.42 Å². The molecule has 1 aliphatic rings. The molecule has 8 unspecified atom stereocenters. The summed E-state index contributed by atoms with van der Waals surface area (Å²) in [5.74, 6) is -10.2. The zero-order valence-corrected chi connectivity index (χ0v) is 45.7. The normalized spacial score (nSPS) is 23.9. The number of ether oxygens (including phenoxy) is 1. The number of hydrogen-bond acceptors (Lipinski definition) is 11. The molecule has 1 fully saturated rings. The van der Waals surface area contributed by atoms with Crippen molar-refractivity contribution in [1.29, 1.82) is 0 Å². The van der Waals surface area contributed by atoms with Gasteiger partial charge in [-0.15, -0.1) is 0 Å². The van der Waals surface area contributed by atoms with Crippen molar-refractivity contribution in [2.24, 2.45) is 23.7 Å². The highest BCUT2D eigenvalue weighted by molar-refractivity contribution is 5.98. The van der Waals surface area contributed by atoms with E-state index in [0.29, 0.717) is 6.42 Å². The van der Waals surface area contributed by atoms with Gasteiger partial charge < -0.3 is 52.2 Å². The molecule has 0 aliphatic carbocycles. The average molecular weight is 1040 g/mol. The Morgan fingerprint density at radius 2 is 0.836 bits per heavy atom. The van der Waals surface area contributed by atoms with E-state index in [-0.39, 0.29) is 62.2 Å². The molecule has 1 heterocycles.